The molecular weight excluding hydrogens is 352 g/mol. The first-order chi connectivity index (χ1) is 13.7. The average molecular weight is 376 g/mol. The van der Waals surface area contributed by atoms with Crippen LogP contribution >= 0.6 is 0 Å². The fourth-order valence-corrected chi connectivity index (χ4v) is 3.45. The Morgan fingerprint density at radius 3 is 2.43 bits per heavy atom. The lowest BCUT2D eigenvalue weighted by molar-refractivity contribution is 0.0622. The second kappa shape index (κ2) is 8.35. The summed E-state index contributed by atoms with van der Waals surface area (Å²) < 4.78 is 5.49. The van der Waals surface area contributed by atoms with Gasteiger partial charge in [-0.15, -0.1) is 0 Å². The molecule has 1 amide bonds. The predicted octanol–water partition coefficient (Wildman–Crippen LogP) is 2.99. The molecule has 0 spiro atoms. The van der Waals surface area contributed by atoms with E-state index in [-0.39, 0.29) is 5.91 Å². The third kappa shape index (κ3) is 4.12. The predicted molar refractivity (Wildman–Crippen MR) is 108 cm³/mol. The first-order valence-electron chi connectivity index (χ1n) is 9.68. The molecule has 144 valence electrons. The van der Waals surface area contributed by atoms with Crippen LogP contribution in [0.1, 0.15) is 23.0 Å². The zero-order chi connectivity index (χ0) is 19.3. The second-order valence-corrected chi connectivity index (χ2v) is 6.89. The Bertz CT molecular complexity index is 950. The van der Waals surface area contributed by atoms with E-state index >= 15 is 0 Å². The molecule has 0 radical (unpaired) electrons. The zero-order valence-corrected chi connectivity index (χ0v) is 16.0. The molecule has 6 nitrogen and oxygen atoms in total. The van der Waals surface area contributed by atoms with E-state index in [0.717, 1.165) is 36.4 Å². The van der Waals surface area contributed by atoms with Gasteiger partial charge in [-0.1, -0.05) is 24.3 Å². The molecule has 2 heterocycles. The first kappa shape index (κ1) is 18.4. The van der Waals surface area contributed by atoms with Gasteiger partial charge in [0.25, 0.3) is 5.91 Å². The highest BCUT2D eigenvalue weighted by Gasteiger charge is 2.23. The minimum atomic E-state index is -0.0426. The van der Waals surface area contributed by atoms with Crippen LogP contribution < -0.4 is 4.74 Å². The number of para-hydroxylation sites is 2. The summed E-state index contributed by atoms with van der Waals surface area (Å²) in [6, 6.07) is 15.8. The van der Waals surface area contributed by atoms with Gasteiger partial charge >= 0.3 is 0 Å². The SMILES string of the molecule is CCOc1ccc(CN2CCN(C(=O)c3cnc4ccccc4n3)CC2)cc1. The highest BCUT2D eigenvalue weighted by atomic mass is 16.5. The third-order valence-corrected chi connectivity index (χ3v) is 4.97. The summed E-state index contributed by atoms with van der Waals surface area (Å²) in [6.45, 7) is 6.63. The Hall–Kier alpha value is -2.99. The van der Waals surface area contributed by atoms with Gasteiger partial charge in [0.05, 0.1) is 23.8 Å². The van der Waals surface area contributed by atoms with Crippen molar-refractivity contribution in [3.8, 4) is 5.75 Å². The lowest BCUT2D eigenvalue weighted by Gasteiger charge is -2.34. The molecule has 6 heteroatoms. The van der Waals surface area contributed by atoms with E-state index in [4.69, 9.17) is 4.74 Å². The molecule has 0 unspecified atom stereocenters. The van der Waals surface area contributed by atoms with Crippen LogP contribution in [-0.2, 0) is 6.54 Å². The minimum absolute atomic E-state index is 0.0426. The molecule has 0 aliphatic carbocycles. The van der Waals surface area contributed by atoms with Crippen molar-refractivity contribution in [2.24, 2.45) is 0 Å². The molecule has 0 N–H and O–H groups in total. The molecule has 0 atom stereocenters. The van der Waals surface area contributed by atoms with Crippen LogP contribution in [-0.4, -0.2) is 58.5 Å². The van der Waals surface area contributed by atoms with Crippen molar-refractivity contribution < 1.29 is 9.53 Å². The molecular formula is C22H24N4O2. The highest BCUT2D eigenvalue weighted by Crippen LogP contribution is 2.16. The second-order valence-electron chi connectivity index (χ2n) is 6.89. The van der Waals surface area contributed by atoms with Crippen LogP contribution in [0, 0.1) is 0 Å². The summed E-state index contributed by atoms with van der Waals surface area (Å²) in [6.07, 6.45) is 1.58. The number of carbonyl (C=O) groups is 1. The van der Waals surface area contributed by atoms with Gasteiger partial charge in [-0.2, -0.15) is 0 Å². The first-order valence-corrected chi connectivity index (χ1v) is 9.68. The zero-order valence-electron chi connectivity index (χ0n) is 16.0. The standard InChI is InChI=1S/C22H24N4O2/c1-2-28-18-9-7-17(8-10-18)16-25-11-13-26(14-12-25)22(27)21-15-23-19-5-3-4-6-20(19)24-21/h3-10,15H,2,11-14,16H2,1H3. The smallest absolute Gasteiger partial charge is 0.274 e. The molecule has 1 fully saturated rings. The summed E-state index contributed by atoms with van der Waals surface area (Å²) in [5.74, 6) is 0.858. The summed E-state index contributed by atoms with van der Waals surface area (Å²) in [5.41, 5.74) is 3.23. The number of piperazine rings is 1. The van der Waals surface area contributed by atoms with Crippen molar-refractivity contribution in [3.05, 3.63) is 66.0 Å². The Morgan fingerprint density at radius 2 is 1.71 bits per heavy atom. The van der Waals surface area contributed by atoms with E-state index in [1.54, 1.807) is 6.20 Å². The van der Waals surface area contributed by atoms with Crippen LogP contribution in [0.25, 0.3) is 11.0 Å². The number of ether oxygens (including phenoxy) is 1. The molecule has 0 saturated carbocycles. The molecule has 1 aromatic heterocycles. The molecule has 28 heavy (non-hydrogen) atoms. The Balaban J connectivity index is 1.34. The van der Waals surface area contributed by atoms with E-state index in [0.29, 0.717) is 25.4 Å². The van der Waals surface area contributed by atoms with Gasteiger partial charge in [0, 0.05) is 32.7 Å². The maximum atomic E-state index is 12.8. The number of hydrogen-bond donors (Lipinski definition) is 0. The normalized spacial score (nSPS) is 15.0. The van der Waals surface area contributed by atoms with Crippen molar-refractivity contribution in [2.45, 2.75) is 13.5 Å². The molecule has 4 rings (SSSR count). The molecule has 2 aromatic carbocycles. The van der Waals surface area contributed by atoms with Gasteiger partial charge < -0.3 is 9.64 Å². The summed E-state index contributed by atoms with van der Waals surface area (Å²) in [5, 5.41) is 0. The van der Waals surface area contributed by atoms with Crippen LogP contribution in [0.5, 0.6) is 5.75 Å². The fourth-order valence-electron chi connectivity index (χ4n) is 3.45. The van der Waals surface area contributed by atoms with Gasteiger partial charge in [0.2, 0.25) is 0 Å². The van der Waals surface area contributed by atoms with Crippen LogP contribution in [0.2, 0.25) is 0 Å². The maximum Gasteiger partial charge on any atom is 0.274 e. The highest BCUT2D eigenvalue weighted by molar-refractivity contribution is 5.93. The maximum absolute atomic E-state index is 12.8. The van der Waals surface area contributed by atoms with Crippen molar-refractivity contribution in [1.29, 1.82) is 0 Å². The summed E-state index contributed by atoms with van der Waals surface area (Å²) in [4.78, 5) is 25.9. The Labute approximate surface area is 164 Å². The number of fused-ring (bicyclic) bond motifs is 1. The quantitative estimate of drug-likeness (QED) is 0.685. The average Bonchev–Trinajstić information content (AvgIpc) is 2.75. The van der Waals surface area contributed by atoms with E-state index in [2.05, 4.69) is 27.0 Å². The Morgan fingerprint density at radius 1 is 1.00 bits per heavy atom. The van der Waals surface area contributed by atoms with Crippen molar-refractivity contribution in [1.82, 2.24) is 19.8 Å². The molecule has 1 aliphatic heterocycles. The molecule has 1 saturated heterocycles. The number of amides is 1. The minimum Gasteiger partial charge on any atom is -0.494 e. The number of benzene rings is 2. The van der Waals surface area contributed by atoms with Crippen molar-refractivity contribution in [2.75, 3.05) is 32.8 Å². The number of nitrogens with zero attached hydrogens (tertiary/aromatic N) is 4. The van der Waals surface area contributed by atoms with Crippen molar-refractivity contribution in [3.63, 3.8) is 0 Å². The largest absolute Gasteiger partial charge is 0.494 e. The number of carbonyl (C=O) groups excluding carboxylic acids is 1. The number of hydrogen-bond acceptors (Lipinski definition) is 5. The van der Waals surface area contributed by atoms with Gasteiger partial charge in [-0.05, 0) is 36.8 Å². The fraction of sp³-hybridized carbons (Fsp3) is 0.318. The topological polar surface area (TPSA) is 58.6 Å². The summed E-state index contributed by atoms with van der Waals surface area (Å²) >= 11 is 0. The van der Waals surface area contributed by atoms with Crippen molar-refractivity contribution >= 4 is 16.9 Å². The lowest BCUT2D eigenvalue weighted by Crippen LogP contribution is -2.48. The van der Waals surface area contributed by atoms with Crippen LogP contribution in [0.3, 0.4) is 0 Å². The van der Waals surface area contributed by atoms with Gasteiger partial charge in [-0.3, -0.25) is 14.7 Å². The summed E-state index contributed by atoms with van der Waals surface area (Å²) in [7, 11) is 0. The van der Waals surface area contributed by atoms with Gasteiger partial charge in [0.15, 0.2) is 0 Å². The van der Waals surface area contributed by atoms with Crippen LogP contribution in [0.4, 0.5) is 0 Å². The van der Waals surface area contributed by atoms with E-state index in [1.165, 1.54) is 5.56 Å². The van der Waals surface area contributed by atoms with Gasteiger partial charge in [0.1, 0.15) is 11.4 Å². The van der Waals surface area contributed by atoms with Crippen LogP contribution in [0.15, 0.2) is 54.7 Å². The molecule has 1 aliphatic rings. The lowest BCUT2D eigenvalue weighted by atomic mass is 10.2. The molecule has 0 bridgehead atoms. The Kier molecular flexibility index (Phi) is 5.48. The number of rotatable bonds is 5. The van der Waals surface area contributed by atoms with E-state index in [1.807, 2.05) is 48.2 Å². The third-order valence-electron chi connectivity index (χ3n) is 4.97. The van der Waals surface area contributed by atoms with E-state index in [9.17, 15) is 4.79 Å². The molecule has 3 aromatic rings. The number of aromatic nitrogens is 2. The van der Waals surface area contributed by atoms with Gasteiger partial charge in [-0.25, -0.2) is 4.98 Å². The monoisotopic (exact) mass is 376 g/mol. The van der Waals surface area contributed by atoms with E-state index < -0.39 is 0 Å².